The van der Waals surface area contributed by atoms with Gasteiger partial charge in [-0.15, -0.1) is 0 Å². The van der Waals surface area contributed by atoms with Gasteiger partial charge in [0.25, 0.3) is 0 Å². The normalized spacial score (nSPS) is 31.3. The molecule has 5 N–H and O–H groups in total. The van der Waals surface area contributed by atoms with Gasteiger partial charge in [-0.3, -0.25) is 19.3 Å². The SMILES string of the molecule is CCC(C)(C)CNC1=C2C(=O)c3c(O)cccc3[C@H](C)C2[C@H](O)C2[C@H](N(C)C)C(=O)C(C(C)=O)=C(O)[C@@]12O. The molecule has 0 heterocycles. The third-order valence-electron chi connectivity index (χ3n) is 8.84. The van der Waals surface area contributed by atoms with E-state index in [0.29, 0.717) is 12.1 Å². The highest BCUT2D eigenvalue weighted by atomic mass is 16.3. The fourth-order valence-corrected chi connectivity index (χ4v) is 6.39. The second kappa shape index (κ2) is 9.32. The molecule has 0 aliphatic heterocycles. The maximum atomic E-state index is 14.1. The van der Waals surface area contributed by atoms with Gasteiger partial charge in [0.15, 0.2) is 23.0 Å². The van der Waals surface area contributed by atoms with Crippen molar-refractivity contribution in [2.75, 3.05) is 20.6 Å². The maximum Gasteiger partial charge on any atom is 0.195 e. The number of phenols is 1. The van der Waals surface area contributed by atoms with E-state index in [1.165, 1.54) is 11.0 Å². The van der Waals surface area contributed by atoms with Gasteiger partial charge in [-0.05, 0) is 50.4 Å². The molecule has 0 amide bonds. The first-order chi connectivity index (χ1) is 17.6. The number of aliphatic hydroxyl groups excluding tert-OH is 2. The Labute approximate surface area is 222 Å². The van der Waals surface area contributed by atoms with Gasteiger partial charge in [-0.25, -0.2) is 0 Å². The second-order valence-electron chi connectivity index (χ2n) is 11.9. The van der Waals surface area contributed by atoms with Crippen LogP contribution in [0.2, 0.25) is 0 Å². The van der Waals surface area contributed by atoms with Crippen LogP contribution >= 0.6 is 0 Å². The van der Waals surface area contributed by atoms with E-state index in [9.17, 15) is 34.8 Å². The van der Waals surface area contributed by atoms with Crippen molar-refractivity contribution in [1.82, 2.24) is 10.2 Å². The molecule has 206 valence electrons. The number of carbonyl (C=O) groups excluding carboxylic acids is 3. The predicted molar refractivity (Wildman–Crippen MR) is 141 cm³/mol. The molecule has 9 nitrogen and oxygen atoms in total. The van der Waals surface area contributed by atoms with Crippen LogP contribution in [0.5, 0.6) is 5.75 Å². The molecule has 3 aliphatic carbocycles. The number of fused-ring (bicyclic) bond motifs is 3. The fourth-order valence-electron chi connectivity index (χ4n) is 6.39. The number of rotatable bonds is 6. The molecule has 4 rings (SSSR count). The zero-order valence-electron chi connectivity index (χ0n) is 23.0. The predicted octanol–water partition coefficient (Wildman–Crippen LogP) is 2.22. The molecule has 1 aromatic carbocycles. The van der Waals surface area contributed by atoms with Gasteiger partial charge in [0, 0.05) is 18.0 Å². The van der Waals surface area contributed by atoms with Gasteiger partial charge < -0.3 is 25.7 Å². The number of hydrogen-bond donors (Lipinski definition) is 5. The maximum absolute atomic E-state index is 14.1. The highest BCUT2D eigenvalue weighted by Crippen LogP contribution is 2.56. The summed E-state index contributed by atoms with van der Waals surface area (Å²) in [6, 6.07) is 3.59. The molecule has 0 spiro atoms. The van der Waals surface area contributed by atoms with Crippen LogP contribution in [0.3, 0.4) is 0 Å². The van der Waals surface area contributed by atoms with Gasteiger partial charge in [0.05, 0.1) is 29.3 Å². The Balaban J connectivity index is 2.12. The number of aromatic hydroxyl groups is 1. The Kier molecular flexibility index (Phi) is 6.87. The van der Waals surface area contributed by atoms with E-state index in [1.807, 2.05) is 27.7 Å². The monoisotopic (exact) mass is 526 g/mol. The number of nitrogens with zero attached hydrogens (tertiary/aromatic N) is 1. The largest absolute Gasteiger partial charge is 0.508 e. The van der Waals surface area contributed by atoms with E-state index < -0.39 is 64.2 Å². The Bertz CT molecular complexity index is 1280. The summed E-state index contributed by atoms with van der Waals surface area (Å²) in [6.07, 6.45) is -0.690. The minimum Gasteiger partial charge on any atom is -0.508 e. The molecule has 9 heteroatoms. The average Bonchev–Trinajstić information content (AvgIpc) is 2.82. The molecule has 0 saturated heterocycles. The molecule has 6 atom stereocenters. The zero-order chi connectivity index (χ0) is 28.5. The summed E-state index contributed by atoms with van der Waals surface area (Å²) in [5, 5.41) is 49.7. The first kappa shape index (κ1) is 28.0. The number of benzene rings is 1. The van der Waals surface area contributed by atoms with Crippen molar-refractivity contribution in [3.05, 3.63) is 51.9 Å². The van der Waals surface area contributed by atoms with Crippen molar-refractivity contribution in [2.45, 2.75) is 64.7 Å². The van der Waals surface area contributed by atoms with Crippen molar-refractivity contribution >= 4 is 17.3 Å². The van der Waals surface area contributed by atoms with E-state index >= 15 is 0 Å². The van der Waals surface area contributed by atoms with Crippen LogP contribution in [-0.2, 0) is 9.59 Å². The molecule has 3 aliphatic rings. The lowest BCUT2D eigenvalue weighted by molar-refractivity contribution is -0.146. The van der Waals surface area contributed by atoms with Crippen LogP contribution in [0.25, 0.3) is 0 Å². The summed E-state index contributed by atoms with van der Waals surface area (Å²) < 4.78 is 0. The first-order valence-corrected chi connectivity index (χ1v) is 13.0. The van der Waals surface area contributed by atoms with Gasteiger partial charge in [-0.1, -0.05) is 39.8 Å². The number of Topliss-reactive ketones (excluding diaryl/α,β-unsaturated/α-hetero) is 3. The fraction of sp³-hybridized carbons (Fsp3) is 0.552. The molecule has 2 unspecified atom stereocenters. The number of ketones is 3. The summed E-state index contributed by atoms with van der Waals surface area (Å²) in [6.45, 7) is 9.24. The van der Waals surface area contributed by atoms with E-state index in [-0.39, 0.29) is 28.0 Å². The average molecular weight is 527 g/mol. The minimum atomic E-state index is -2.43. The van der Waals surface area contributed by atoms with Crippen LogP contribution in [0.1, 0.15) is 62.9 Å². The highest BCUT2D eigenvalue weighted by Gasteiger charge is 2.66. The molecular formula is C29H38N2O7. The topological polar surface area (TPSA) is 147 Å². The quantitative estimate of drug-likeness (QED) is 0.352. The Hall–Kier alpha value is -3.01. The van der Waals surface area contributed by atoms with Crippen molar-refractivity contribution in [3.63, 3.8) is 0 Å². The highest BCUT2D eigenvalue weighted by molar-refractivity contribution is 6.23. The zero-order valence-corrected chi connectivity index (χ0v) is 23.0. The van der Waals surface area contributed by atoms with Crippen molar-refractivity contribution in [2.24, 2.45) is 17.3 Å². The van der Waals surface area contributed by atoms with Gasteiger partial charge in [0.2, 0.25) is 0 Å². The Morgan fingerprint density at radius 2 is 1.82 bits per heavy atom. The number of likely N-dealkylation sites (N-methyl/N-ethyl adjacent to an activating group) is 1. The number of hydrogen-bond acceptors (Lipinski definition) is 9. The number of nitrogens with one attached hydrogen (secondary N) is 1. The standard InChI is InChI=1S/C29H38N2O7/c1-8-28(4,5)12-30-26-20-17(13(2)15-10-9-11-16(33)19(15)23(20)34)24(35)21-22(31(6)7)25(36)18(14(3)32)27(37)29(21,26)38/h9-11,13,17,21-22,24,30,33,35,37-38H,8,12H2,1-7H3/t13-,17?,21?,22-,24-,29-/m0/s1. The lowest BCUT2D eigenvalue weighted by Crippen LogP contribution is -2.69. The van der Waals surface area contributed by atoms with Gasteiger partial charge in [-0.2, -0.15) is 0 Å². The van der Waals surface area contributed by atoms with E-state index in [1.54, 1.807) is 26.2 Å². The summed E-state index contributed by atoms with van der Waals surface area (Å²) >= 11 is 0. The lowest BCUT2D eigenvalue weighted by Gasteiger charge is -2.55. The van der Waals surface area contributed by atoms with Crippen LogP contribution in [-0.4, -0.2) is 81.1 Å². The van der Waals surface area contributed by atoms with E-state index in [4.69, 9.17) is 0 Å². The first-order valence-electron chi connectivity index (χ1n) is 13.0. The molecule has 0 bridgehead atoms. The molecular weight excluding hydrogens is 488 g/mol. The number of aliphatic hydroxyl groups is 3. The van der Waals surface area contributed by atoms with Crippen LogP contribution < -0.4 is 5.32 Å². The smallest absolute Gasteiger partial charge is 0.195 e. The molecule has 0 aromatic heterocycles. The Morgan fingerprint density at radius 1 is 1.18 bits per heavy atom. The summed E-state index contributed by atoms with van der Waals surface area (Å²) in [5.41, 5.74) is -2.66. The van der Waals surface area contributed by atoms with E-state index in [0.717, 1.165) is 13.3 Å². The van der Waals surface area contributed by atoms with Crippen molar-refractivity contribution in [1.29, 1.82) is 0 Å². The Morgan fingerprint density at radius 3 is 2.37 bits per heavy atom. The minimum absolute atomic E-state index is 0.0333. The van der Waals surface area contributed by atoms with Crippen molar-refractivity contribution < 1.29 is 34.8 Å². The van der Waals surface area contributed by atoms with Crippen LogP contribution in [0, 0.1) is 17.3 Å². The van der Waals surface area contributed by atoms with Crippen LogP contribution in [0.15, 0.2) is 40.8 Å². The van der Waals surface area contributed by atoms with Gasteiger partial charge >= 0.3 is 0 Å². The second-order valence-corrected chi connectivity index (χ2v) is 11.9. The number of carbonyl (C=O) groups is 3. The summed E-state index contributed by atoms with van der Waals surface area (Å²) in [7, 11) is 3.20. The number of phenolic OH excluding ortho intramolecular Hbond substituents is 1. The third kappa shape index (κ3) is 3.82. The third-order valence-corrected chi connectivity index (χ3v) is 8.84. The van der Waals surface area contributed by atoms with Crippen LogP contribution in [0.4, 0.5) is 0 Å². The summed E-state index contributed by atoms with van der Waals surface area (Å²) in [5.74, 6) is -5.72. The van der Waals surface area contributed by atoms with Gasteiger partial charge in [0.1, 0.15) is 17.1 Å². The van der Waals surface area contributed by atoms with E-state index in [2.05, 4.69) is 5.32 Å². The lowest BCUT2D eigenvalue weighted by atomic mass is 9.55. The van der Waals surface area contributed by atoms with Crippen molar-refractivity contribution in [3.8, 4) is 5.75 Å². The molecule has 1 aromatic rings. The molecule has 0 saturated carbocycles. The molecule has 0 fully saturated rings. The summed E-state index contributed by atoms with van der Waals surface area (Å²) in [4.78, 5) is 41.7. The molecule has 0 radical (unpaired) electrons. The molecule has 38 heavy (non-hydrogen) atoms.